The fourth-order valence-corrected chi connectivity index (χ4v) is 4.46. The first-order valence-electron chi connectivity index (χ1n) is 11.6. The minimum absolute atomic E-state index is 0.324. The summed E-state index contributed by atoms with van der Waals surface area (Å²) in [5, 5.41) is 15.6. The number of nitrogens with zero attached hydrogens (tertiary/aromatic N) is 5. The third-order valence-electron chi connectivity index (χ3n) is 6.58. The molecule has 2 aliphatic rings. The second-order valence-electron chi connectivity index (χ2n) is 8.96. The van der Waals surface area contributed by atoms with Crippen molar-refractivity contribution in [3.8, 4) is 0 Å². The van der Waals surface area contributed by atoms with Crippen molar-refractivity contribution in [1.29, 1.82) is 0 Å². The molecular formula is C23H33F2N7. The number of halogens is 2. The number of hydrogen-bond acceptors (Lipinski definition) is 4. The molecule has 2 fully saturated rings. The first-order chi connectivity index (χ1) is 15.5. The maximum absolute atomic E-state index is 13.5. The van der Waals surface area contributed by atoms with Gasteiger partial charge in [-0.3, -0.25) is 4.90 Å². The van der Waals surface area contributed by atoms with Crippen LogP contribution in [0.3, 0.4) is 0 Å². The van der Waals surface area contributed by atoms with Crippen molar-refractivity contribution in [3.05, 3.63) is 47.0 Å². The van der Waals surface area contributed by atoms with Crippen molar-refractivity contribution in [1.82, 2.24) is 30.3 Å². The average molecular weight is 446 g/mol. The van der Waals surface area contributed by atoms with E-state index in [4.69, 9.17) is 4.99 Å². The maximum atomic E-state index is 13.5. The van der Waals surface area contributed by atoms with E-state index in [2.05, 4.69) is 25.7 Å². The largest absolute Gasteiger partial charge is 0.354 e. The number of aliphatic imine (C=N–C) groups is 1. The van der Waals surface area contributed by atoms with Gasteiger partial charge in [-0.05, 0) is 50.3 Å². The Morgan fingerprint density at radius 1 is 1.03 bits per heavy atom. The van der Waals surface area contributed by atoms with Gasteiger partial charge in [-0.2, -0.15) is 0 Å². The number of piperidine rings is 1. The molecule has 0 amide bonds. The third kappa shape index (κ3) is 5.82. The monoisotopic (exact) mass is 445 g/mol. The zero-order chi connectivity index (χ0) is 22.5. The lowest BCUT2D eigenvalue weighted by molar-refractivity contribution is 0.198. The number of hydrogen-bond donors (Lipinski definition) is 2. The predicted octanol–water partition coefficient (Wildman–Crippen LogP) is 3.04. The highest BCUT2D eigenvalue weighted by Gasteiger charge is 2.22. The summed E-state index contributed by atoms with van der Waals surface area (Å²) in [4.78, 5) is 7.10. The minimum atomic E-state index is -0.797. The van der Waals surface area contributed by atoms with E-state index in [1.807, 2.05) is 18.5 Å². The van der Waals surface area contributed by atoms with Crippen molar-refractivity contribution >= 4 is 5.96 Å². The standard InChI is InChI=1S/C23H33F2N7/c1-16-29-30-22(31(16)2)14-26-23(27-18-5-3-4-6-18)28-19-9-11-32(12-10-19)15-17-7-8-20(24)21(25)13-17/h7-8,13,18-19H,3-6,9-12,14-15H2,1-2H3,(H2,26,27,28). The van der Waals surface area contributed by atoms with E-state index in [1.54, 1.807) is 6.07 Å². The molecule has 1 saturated carbocycles. The number of nitrogens with one attached hydrogen (secondary N) is 2. The Kier molecular flexibility index (Phi) is 7.34. The van der Waals surface area contributed by atoms with Crippen LogP contribution in [0.2, 0.25) is 0 Å². The molecule has 0 radical (unpaired) electrons. The second-order valence-corrected chi connectivity index (χ2v) is 8.96. The summed E-state index contributed by atoms with van der Waals surface area (Å²) >= 11 is 0. The predicted molar refractivity (Wildman–Crippen MR) is 120 cm³/mol. The molecule has 2 N–H and O–H groups in total. The molecule has 4 rings (SSSR count). The van der Waals surface area contributed by atoms with Gasteiger partial charge in [0, 0.05) is 38.8 Å². The average Bonchev–Trinajstić information content (AvgIpc) is 3.41. The van der Waals surface area contributed by atoms with Crippen LogP contribution in [0.4, 0.5) is 8.78 Å². The molecule has 1 aromatic heterocycles. The summed E-state index contributed by atoms with van der Waals surface area (Å²) in [5.41, 5.74) is 0.805. The molecule has 1 saturated heterocycles. The quantitative estimate of drug-likeness (QED) is 0.528. The number of likely N-dealkylation sites (tertiary alicyclic amines) is 1. The normalized spacial score (nSPS) is 18.9. The van der Waals surface area contributed by atoms with E-state index in [9.17, 15) is 8.78 Å². The second kappa shape index (κ2) is 10.4. The van der Waals surface area contributed by atoms with Gasteiger partial charge < -0.3 is 15.2 Å². The molecule has 2 heterocycles. The molecule has 1 aliphatic carbocycles. The summed E-state index contributed by atoms with van der Waals surface area (Å²) < 4.78 is 28.6. The van der Waals surface area contributed by atoms with Crippen molar-refractivity contribution in [2.45, 2.75) is 70.6 Å². The van der Waals surface area contributed by atoms with Gasteiger partial charge >= 0.3 is 0 Å². The highest BCUT2D eigenvalue weighted by Crippen LogP contribution is 2.19. The van der Waals surface area contributed by atoms with E-state index in [-0.39, 0.29) is 0 Å². The molecule has 0 spiro atoms. The fraction of sp³-hybridized carbons (Fsp3) is 0.609. The van der Waals surface area contributed by atoms with Crippen LogP contribution in [0.5, 0.6) is 0 Å². The van der Waals surface area contributed by atoms with Gasteiger partial charge in [0.25, 0.3) is 0 Å². The lowest BCUT2D eigenvalue weighted by Gasteiger charge is -2.33. The number of aryl methyl sites for hydroxylation is 1. The number of aromatic nitrogens is 3. The zero-order valence-corrected chi connectivity index (χ0v) is 18.9. The Bertz CT molecular complexity index is 928. The summed E-state index contributed by atoms with van der Waals surface area (Å²) in [7, 11) is 1.96. The molecule has 1 aromatic carbocycles. The fourth-order valence-electron chi connectivity index (χ4n) is 4.46. The first-order valence-corrected chi connectivity index (χ1v) is 11.6. The van der Waals surface area contributed by atoms with Gasteiger partial charge in [-0.15, -0.1) is 10.2 Å². The molecule has 0 atom stereocenters. The Labute approximate surface area is 188 Å². The summed E-state index contributed by atoms with van der Waals surface area (Å²) in [6, 6.07) is 4.95. The van der Waals surface area contributed by atoms with Crippen LogP contribution in [0.25, 0.3) is 0 Å². The van der Waals surface area contributed by atoms with Crippen molar-refractivity contribution in [3.63, 3.8) is 0 Å². The maximum Gasteiger partial charge on any atom is 0.192 e. The molecule has 1 aliphatic heterocycles. The number of benzene rings is 1. The Hall–Kier alpha value is -2.55. The van der Waals surface area contributed by atoms with E-state index in [0.29, 0.717) is 25.2 Å². The van der Waals surface area contributed by atoms with Gasteiger partial charge in [-0.25, -0.2) is 13.8 Å². The molecule has 9 heteroatoms. The summed E-state index contributed by atoms with van der Waals surface area (Å²) in [5.74, 6) is 0.987. The van der Waals surface area contributed by atoms with Crippen LogP contribution < -0.4 is 10.6 Å². The Morgan fingerprint density at radius 3 is 2.34 bits per heavy atom. The zero-order valence-electron chi connectivity index (χ0n) is 18.9. The lowest BCUT2D eigenvalue weighted by atomic mass is 10.0. The van der Waals surface area contributed by atoms with Crippen LogP contribution in [0, 0.1) is 18.6 Å². The van der Waals surface area contributed by atoms with Crippen molar-refractivity contribution < 1.29 is 8.78 Å². The van der Waals surface area contributed by atoms with E-state index >= 15 is 0 Å². The van der Waals surface area contributed by atoms with Gasteiger partial charge in [0.2, 0.25) is 0 Å². The molecule has 0 unspecified atom stereocenters. The molecule has 174 valence electrons. The highest BCUT2D eigenvalue weighted by molar-refractivity contribution is 5.80. The summed E-state index contributed by atoms with van der Waals surface area (Å²) in [6.45, 7) is 4.85. The highest BCUT2D eigenvalue weighted by atomic mass is 19.2. The smallest absolute Gasteiger partial charge is 0.192 e. The van der Waals surface area contributed by atoms with Gasteiger partial charge in [0.15, 0.2) is 23.4 Å². The SMILES string of the molecule is Cc1nnc(CN=C(NC2CCCC2)NC2CCN(Cc3ccc(F)c(F)c3)CC2)n1C. The van der Waals surface area contributed by atoms with Crippen LogP contribution in [0.15, 0.2) is 23.2 Å². The van der Waals surface area contributed by atoms with Gasteiger partial charge in [0.05, 0.1) is 0 Å². The van der Waals surface area contributed by atoms with E-state index in [0.717, 1.165) is 49.1 Å². The van der Waals surface area contributed by atoms with Crippen LogP contribution >= 0.6 is 0 Å². The van der Waals surface area contributed by atoms with E-state index in [1.165, 1.54) is 37.8 Å². The van der Waals surface area contributed by atoms with Crippen molar-refractivity contribution in [2.24, 2.45) is 12.0 Å². The van der Waals surface area contributed by atoms with Crippen LogP contribution in [0.1, 0.15) is 55.7 Å². The molecular weight excluding hydrogens is 412 g/mol. The van der Waals surface area contributed by atoms with Crippen LogP contribution in [-0.2, 0) is 20.1 Å². The molecule has 32 heavy (non-hydrogen) atoms. The molecule has 0 bridgehead atoms. The van der Waals surface area contributed by atoms with Crippen LogP contribution in [-0.4, -0.2) is 50.8 Å². The first kappa shape index (κ1) is 22.6. The lowest BCUT2D eigenvalue weighted by Crippen LogP contribution is -2.50. The number of guanidine groups is 1. The number of rotatable bonds is 6. The summed E-state index contributed by atoms with van der Waals surface area (Å²) in [6.07, 6.45) is 6.81. The Balaban J connectivity index is 1.33. The Morgan fingerprint density at radius 2 is 1.72 bits per heavy atom. The van der Waals surface area contributed by atoms with Gasteiger partial charge in [-0.1, -0.05) is 18.9 Å². The molecule has 7 nitrogen and oxygen atoms in total. The van der Waals surface area contributed by atoms with Gasteiger partial charge in [0.1, 0.15) is 12.4 Å². The molecule has 2 aromatic rings. The van der Waals surface area contributed by atoms with E-state index < -0.39 is 11.6 Å². The topological polar surface area (TPSA) is 70.4 Å². The van der Waals surface area contributed by atoms with Crippen molar-refractivity contribution in [2.75, 3.05) is 13.1 Å². The minimum Gasteiger partial charge on any atom is -0.354 e. The third-order valence-corrected chi connectivity index (χ3v) is 6.58.